The molecule has 1 aromatic carbocycles. The summed E-state index contributed by atoms with van der Waals surface area (Å²) in [6, 6.07) is 7.83. The molecule has 23 heavy (non-hydrogen) atoms. The molecule has 5 aliphatic rings. The second-order valence-electron chi connectivity index (χ2n) is 6.94. The number of imide groups is 1. The zero-order valence-electron chi connectivity index (χ0n) is 12.3. The Bertz CT molecular complexity index is 734. The number of hydrazone groups is 1. The Labute approximate surface area is 147 Å². The van der Waals surface area contributed by atoms with E-state index in [0.29, 0.717) is 11.8 Å². The molecule has 3 fully saturated rings. The van der Waals surface area contributed by atoms with E-state index in [9.17, 15) is 9.59 Å². The van der Waals surface area contributed by atoms with E-state index in [-0.39, 0.29) is 35.5 Å². The van der Waals surface area contributed by atoms with Gasteiger partial charge in [-0.1, -0.05) is 24.3 Å². The number of amides is 2. The molecular weight excluding hydrogens is 403 g/mol. The lowest BCUT2D eigenvalue weighted by atomic mass is 9.63. The highest BCUT2D eigenvalue weighted by Gasteiger charge is 2.67. The average molecular weight is 418 g/mol. The van der Waals surface area contributed by atoms with Crippen LogP contribution in [-0.2, 0) is 9.59 Å². The number of nitrogens with zero attached hydrogens (tertiary/aromatic N) is 2. The van der Waals surface area contributed by atoms with Crippen molar-refractivity contribution in [3.63, 3.8) is 0 Å². The number of halogens is 1. The average Bonchev–Trinajstić information content (AvgIpc) is 3.33. The van der Waals surface area contributed by atoms with Crippen LogP contribution >= 0.6 is 22.6 Å². The maximum Gasteiger partial charge on any atom is 0.254 e. The summed E-state index contributed by atoms with van der Waals surface area (Å²) in [4.78, 5) is 25.5. The molecule has 0 aromatic heterocycles. The van der Waals surface area contributed by atoms with Gasteiger partial charge in [-0.15, -0.1) is 0 Å². The summed E-state index contributed by atoms with van der Waals surface area (Å²) >= 11 is 2.24. The van der Waals surface area contributed by atoms with Gasteiger partial charge in [0.05, 0.1) is 18.1 Å². The summed E-state index contributed by atoms with van der Waals surface area (Å²) < 4.78 is 1.14. The first-order chi connectivity index (χ1) is 11.1. The third-order valence-electron chi connectivity index (χ3n) is 5.83. The number of hydrogen-bond acceptors (Lipinski definition) is 3. The predicted octanol–water partition coefficient (Wildman–Crippen LogP) is 2.68. The van der Waals surface area contributed by atoms with Gasteiger partial charge in [-0.2, -0.15) is 10.1 Å². The van der Waals surface area contributed by atoms with Gasteiger partial charge in [0.15, 0.2) is 0 Å². The highest BCUT2D eigenvalue weighted by Crippen LogP contribution is 2.65. The molecule has 2 saturated carbocycles. The largest absolute Gasteiger partial charge is 0.272 e. The highest BCUT2D eigenvalue weighted by atomic mass is 127. The van der Waals surface area contributed by atoms with Crippen LogP contribution in [0.25, 0.3) is 0 Å². The van der Waals surface area contributed by atoms with Gasteiger partial charge < -0.3 is 0 Å². The number of benzene rings is 1. The Balaban J connectivity index is 1.44. The van der Waals surface area contributed by atoms with Crippen molar-refractivity contribution in [1.29, 1.82) is 0 Å². The molecule has 1 aliphatic heterocycles. The van der Waals surface area contributed by atoms with E-state index in [1.54, 1.807) is 6.21 Å². The van der Waals surface area contributed by atoms with E-state index >= 15 is 0 Å². The molecule has 116 valence electrons. The van der Waals surface area contributed by atoms with Crippen molar-refractivity contribution in [3.8, 4) is 0 Å². The summed E-state index contributed by atoms with van der Waals surface area (Å²) in [5.74, 6) is 1.21. The monoisotopic (exact) mass is 418 g/mol. The second-order valence-corrected chi connectivity index (χ2v) is 8.18. The summed E-state index contributed by atoms with van der Waals surface area (Å²) in [7, 11) is 0. The fourth-order valence-electron chi connectivity index (χ4n) is 4.73. The Morgan fingerprint density at radius 1 is 1.00 bits per heavy atom. The predicted molar refractivity (Wildman–Crippen MR) is 93.3 cm³/mol. The van der Waals surface area contributed by atoms with Gasteiger partial charge in [0.25, 0.3) is 11.8 Å². The van der Waals surface area contributed by atoms with Crippen molar-refractivity contribution in [3.05, 3.63) is 45.6 Å². The zero-order valence-corrected chi connectivity index (χ0v) is 14.5. The Morgan fingerprint density at radius 3 is 2.13 bits per heavy atom. The van der Waals surface area contributed by atoms with E-state index in [1.165, 1.54) is 6.42 Å². The molecule has 1 aromatic rings. The molecule has 2 bridgehead atoms. The first-order valence-electron chi connectivity index (χ1n) is 8.01. The van der Waals surface area contributed by atoms with Crippen molar-refractivity contribution in [1.82, 2.24) is 5.01 Å². The molecule has 1 saturated heterocycles. The molecule has 0 unspecified atom stereocenters. The van der Waals surface area contributed by atoms with Crippen LogP contribution in [0.5, 0.6) is 0 Å². The lowest BCUT2D eigenvalue weighted by Crippen LogP contribution is -2.40. The van der Waals surface area contributed by atoms with E-state index < -0.39 is 0 Å². The minimum absolute atomic E-state index is 0.105. The zero-order chi connectivity index (χ0) is 15.7. The molecule has 2 amide bonds. The number of rotatable bonds is 2. The molecule has 4 aliphatic carbocycles. The van der Waals surface area contributed by atoms with Crippen molar-refractivity contribution in [2.45, 2.75) is 6.42 Å². The minimum atomic E-state index is -0.171. The van der Waals surface area contributed by atoms with Gasteiger partial charge >= 0.3 is 0 Å². The van der Waals surface area contributed by atoms with E-state index in [4.69, 9.17) is 0 Å². The van der Waals surface area contributed by atoms with Crippen molar-refractivity contribution in [2.24, 2.45) is 40.6 Å². The fourth-order valence-corrected chi connectivity index (χ4v) is 5.09. The van der Waals surface area contributed by atoms with E-state index in [1.807, 2.05) is 24.3 Å². The van der Waals surface area contributed by atoms with Crippen LogP contribution < -0.4 is 0 Å². The fraction of sp³-hybridized carbons (Fsp3) is 0.389. The third kappa shape index (κ3) is 1.92. The molecule has 0 spiro atoms. The molecule has 4 nitrogen and oxygen atoms in total. The molecular formula is C18H15IN2O2. The van der Waals surface area contributed by atoms with Crippen molar-refractivity contribution >= 4 is 40.6 Å². The van der Waals surface area contributed by atoms with Gasteiger partial charge in [-0.25, -0.2) is 0 Å². The Kier molecular flexibility index (Phi) is 2.87. The highest BCUT2D eigenvalue weighted by molar-refractivity contribution is 14.1. The molecule has 5 heteroatoms. The summed E-state index contributed by atoms with van der Waals surface area (Å²) in [5, 5.41) is 5.35. The minimum Gasteiger partial charge on any atom is -0.272 e. The van der Waals surface area contributed by atoms with Crippen LogP contribution in [0.3, 0.4) is 0 Å². The van der Waals surface area contributed by atoms with Gasteiger partial charge in [-0.3, -0.25) is 9.59 Å². The standard InChI is InChI=1S/C18H15IN2O2/c19-10-3-1-9(2-4-10)8-20-21-17(22)15-11-5-6-12(14-7-13(11)14)16(15)18(21)23/h1-6,8,11-16H,7H2/t11-,12-,13-,14+,15-,16+/m0/s1. The van der Waals surface area contributed by atoms with Crippen LogP contribution in [0.4, 0.5) is 0 Å². The molecule has 1 heterocycles. The maximum atomic E-state index is 12.7. The Hall–Kier alpha value is -1.50. The van der Waals surface area contributed by atoms with Crippen LogP contribution in [0.1, 0.15) is 12.0 Å². The van der Waals surface area contributed by atoms with Crippen molar-refractivity contribution < 1.29 is 9.59 Å². The SMILES string of the molecule is O=C1[C@@H]2[C@H]3C=C[C@@H]([C@@H]4C[C@H]34)[C@@H]2C(=O)N1N=Cc1ccc(I)cc1. The lowest BCUT2D eigenvalue weighted by Gasteiger charge is -2.37. The van der Waals surface area contributed by atoms with E-state index in [2.05, 4.69) is 39.8 Å². The normalized spacial score (nSPS) is 40.0. The maximum absolute atomic E-state index is 12.7. The molecule has 0 N–H and O–H groups in total. The Morgan fingerprint density at radius 2 is 1.57 bits per heavy atom. The first kappa shape index (κ1) is 13.9. The topological polar surface area (TPSA) is 49.7 Å². The number of carbonyl (C=O) groups excluding carboxylic acids is 2. The molecule has 6 rings (SSSR count). The molecule has 0 radical (unpaired) electrons. The van der Waals surface area contributed by atoms with Gasteiger partial charge in [-0.05, 0) is 70.4 Å². The van der Waals surface area contributed by atoms with Crippen LogP contribution in [0.2, 0.25) is 0 Å². The second kappa shape index (κ2) is 4.75. The van der Waals surface area contributed by atoms with Crippen LogP contribution in [-0.4, -0.2) is 23.0 Å². The summed E-state index contributed by atoms with van der Waals surface area (Å²) in [6.45, 7) is 0. The quantitative estimate of drug-likeness (QED) is 0.321. The molecule has 6 atom stereocenters. The number of allylic oxidation sites excluding steroid dienone is 2. The van der Waals surface area contributed by atoms with Crippen molar-refractivity contribution in [2.75, 3.05) is 0 Å². The smallest absolute Gasteiger partial charge is 0.254 e. The van der Waals surface area contributed by atoms with Crippen LogP contribution in [0.15, 0.2) is 41.5 Å². The number of hydrogen-bond donors (Lipinski definition) is 0. The van der Waals surface area contributed by atoms with Gasteiger partial charge in [0, 0.05) is 3.57 Å². The van der Waals surface area contributed by atoms with E-state index in [0.717, 1.165) is 14.1 Å². The third-order valence-corrected chi connectivity index (χ3v) is 6.55. The van der Waals surface area contributed by atoms with Gasteiger partial charge in [0.1, 0.15) is 0 Å². The first-order valence-corrected chi connectivity index (χ1v) is 9.09. The van der Waals surface area contributed by atoms with Crippen LogP contribution in [0, 0.1) is 39.1 Å². The number of carbonyl (C=O) groups is 2. The summed E-state index contributed by atoms with van der Waals surface area (Å²) in [6.07, 6.45) is 7.15. The lowest BCUT2D eigenvalue weighted by molar-refractivity contribution is -0.140. The van der Waals surface area contributed by atoms with Gasteiger partial charge in [0.2, 0.25) is 0 Å². The summed E-state index contributed by atoms with van der Waals surface area (Å²) in [5.41, 5.74) is 0.893.